The van der Waals surface area contributed by atoms with Gasteiger partial charge in [0.1, 0.15) is 5.71 Å². The maximum atomic E-state index is 12.2. The molecule has 0 radical (unpaired) electrons. The third-order valence-corrected chi connectivity index (χ3v) is 2.56. The van der Waals surface area contributed by atoms with E-state index in [4.69, 9.17) is 11.6 Å². The number of ketones is 1. The van der Waals surface area contributed by atoms with Crippen LogP contribution in [0.15, 0.2) is 59.7 Å². The highest BCUT2D eigenvalue weighted by molar-refractivity contribution is 6.51. The topological polar surface area (TPSA) is 81.5 Å². The summed E-state index contributed by atoms with van der Waals surface area (Å²) in [6, 6.07) is 15.8. The molecule has 0 heterocycles. The Bertz CT molecular complexity index is 574. The normalized spacial score (nSPS) is 11.2. The molecule has 18 heavy (non-hydrogen) atoms. The lowest BCUT2D eigenvalue weighted by Crippen LogP contribution is -2.17. The standard InChI is InChI=1S/C14H13N3O/c15-12-8-6-11(7-9-12)14(18)13(17-16)10-4-2-1-3-5-10/h1-9H,15-16H2. The van der Waals surface area contributed by atoms with Crippen molar-refractivity contribution in [3.63, 3.8) is 0 Å². The SMILES string of the molecule is NN=C(C(=O)c1ccc(N)cc1)c1ccccc1. The number of carbonyl (C=O) groups excluding carboxylic acids is 1. The van der Waals surface area contributed by atoms with Crippen LogP contribution in [0.5, 0.6) is 0 Å². The molecular formula is C14H13N3O. The first-order valence-corrected chi connectivity index (χ1v) is 5.46. The predicted octanol–water partition coefficient (Wildman–Crippen LogP) is 1.81. The molecule has 0 saturated heterocycles. The molecule has 2 aromatic rings. The van der Waals surface area contributed by atoms with Crippen molar-refractivity contribution in [1.29, 1.82) is 0 Å². The molecular weight excluding hydrogens is 226 g/mol. The Morgan fingerprint density at radius 1 is 0.889 bits per heavy atom. The van der Waals surface area contributed by atoms with Crippen molar-refractivity contribution >= 4 is 17.2 Å². The molecule has 0 aliphatic heterocycles. The molecule has 2 rings (SSSR count). The number of hydrogen-bond acceptors (Lipinski definition) is 4. The highest BCUT2D eigenvalue weighted by Gasteiger charge is 2.15. The van der Waals surface area contributed by atoms with Gasteiger partial charge in [0.05, 0.1) is 0 Å². The van der Waals surface area contributed by atoms with Crippen LogP contribution in [0.25, 0.3) is 0 Å². The summed E-state index contributed by atoms with van der Waals surface area (Å²) in [7, 11) is 0. The summed E-state index contributed by atoms with van der Waals surface area (Å²) in [5.74, 6) is 5.10. The summed E-state index contributed by atoms with van der Waals surface area (Å²) in [6.45, 7) is 0. The van der Waals surface area contributed by atoms with E-state index in [-0.39, 0.29) is 11.5 Å². The van der Waals surface area contributed by atoms with Gasteiger partial charge in [0.15, 0.2) is 0 Å². The van der Waals surface area contributed by atoms with Gasteiger partial charge in [0.2, 0.25) is 5.78 Å². The van der Waals surface area contributed by atoms with Crippen molar-refractivity contribution in [3.05, 3.63) is 65.7 Å². The van der Waals surface area contributed by atoms with Crippen LogP contribution in [0.4, 0.5) is 5.69 Å². The highest BCUT2D eigenvalue weighted by Crippen LogP contribution is 2.10. The van der Waals surface area contributed by atoms with Crippen LogP contribution in [0.2, 0.25) is 0 Å². The van der Waals surface area contributed by atoms with Gasteiger partial charge in [0.25, 0.3) is 0 Å². The molecule has 0 spiro atoms. The lowest BCUT2D eigenvalue weighted by atomic mass is 10.0. The van der Waals surface area contributed by atoms with Gasteiger partial charge >= 0.3 is 0 Å². The Morgan fingerprint density at radius 3 is 2.06 bits per heavy atom. The van der Waals surface area contributed by atoms with Gasteiger partial charge in [0, 0.05) is 16.8 Å². The van der Waals surface area contributed by atoms with Gasteiger partial charge in [-0.3, -0.25) is 4.79 Å². The zero-order chi connectivity index (χ0) is 13.0. The number of anilines is 1. The molecule has 0 fully saturated rings. The molecule has 0 atom stereocenters. The molecule has 0 aliphatic carbocycles. The second kappa shape index (κ2) is 5.14. The molecule has 4 nitrogen and oxygen atoms in total. The van der Waals surface area contributed by atoms with Crippen molar-refractivity contribution in [2.24, 2.45) is 10.9 Å². The molecule has 90 valence electrons. The van der Waals surface area contributed by atoms with Crippen LogP contribution in [0, 0.1) is 0 Å². The molecule has 2 aromatic carbocycles. The number of nitrogen functional groups attached to an aromatic ring is 1. The number of rotatable bonds is 3. The van der Waals surface area contributed by atoms with Crippen LogP contribution < -0.4 is 11.6 Å². The molecule has 0 amide bonds. The van der Waals surface area contributed by atoms with Gasteiger partial charge in [-0.05, 0) is 24.3 Å². The Kier molecular flexibility index (Phi) is 3.38. The Hall–Kier alpha value is -2.62. The smallest absolute Gasteiger partial charge is 0.213 e. The lowest BCUT2D eigenvalue weighted by molar-refractivity contribution is 0.106. The van der Waals surface area contributed by atoms with Crippen molar-refractivity contribution < 1.29 is 4.79 Å². The molecule has 4 N–H and O–H groups in total. The third kappa shape index (κ3) is 2.38. The van der Waals surface area contributed by atoms with Gasteiger partial charge < -0.3 is 11.6 Å². The van der Waals surface area contributed by atoms with E-state index in [2.05, 4.69) is 5.10 Å². The summed E-state index contributed by atoms with van der Waals surface area (Å²) >= 11 is 0. The van der Waals surface area contributed by atoms with Crippen molar-refractivity contribution in [2.45, 2.75) is 0 Å². The maximum Gasteiger partial charge on any atom is 0.213 e. The fourth-order valence-electron chi connectivity index (χ4n) is 1.63. The van der Waals surface area contributed by atoms with Gasteiger partial charge in [-0.25, -0.2) is 0 Å². The molecule has 0 unspecified atom stereocenters. The van der Waals surface area contributed by atoms with E-state index >= 15 is 0 Å². The first-order chi connectivity index (χ1) is 8.72. The van der Waals surface area contributed by atoms with E-state index < -0.39 is 0 Å². The van der Waals surface area contributed by atoms with E-state index in [1.807, 2.05) is 18.2 Å². The number of hydrazone groups is 1. The second-order valence-electron chi connectivity index (χ2n) is 3.79. The first kappa shape index (κ1) is 11.9. The van der Waals surface area contributed by atoms with Crippen LogP contribution >= 0.6 is 0 Å². The molecule has 0 bridgehead atoms. The van der Waals surface area contributed by atoms with E-state index in [0.29, 0.717) is 16.8 Å². The quantitative estimate of drug-likeness (QED) is 0.282. The minimum atomic E-state index is -0.219. The summed E-state index contributed by atoms with van der Waals surface area (Å²) in [4.78, 5) is 12.2. The summed E-state index contributed by atoms with van der Waals surface area (Å²) in [5, 5.41) is 3.59. The number of benzene rings is 2. The molecule has 0 aromatic heterocycles. The van der Waals surface area contributed by atoms with E-state index in [1.54, 1.807) is 36.4 Å². The average Bonchev–Trinajstić information content (AvgIpc) is 2.41. The Balaban J connectivity index is 2.35. The van der Waals surface area contributed by atoms with Crippen LogP contribution in [0.3, 0.4) is 0 Å². The maximum absolute atomic E-state index is 12.2. The van der Waals surface area contributed by atoms with Crippen LogP contribution in [-0.2, 0) is 0 Å². The van der Waals surface area contributed by atoms with Crippen molar-refractivity contribution in [2.75, 3.05) is 5.73 Å². The average molecular weight is 239 g/mol. The molecule has 0 aliphatic rings. The van der Waals surface area contributed by atoms with Crippen molar-refractivity contribution in [1.82, 2.24) is 0 Å². The minimum Gasteiger partial charge on any atom is -0.399 e. The van der Waals surface area contributed by atoms with E-state index in [0.717, 1.165) is 0 Å². The predicted molar refractivity (Wildman–Crippen MR) is 72.4 cm³/mol. The fraction of sp³-hybridized carbons (Fsp3) is 0. The van der Waals surface area contributed by atoms with Crippen molar-refractivity contribution in [3.8, 4) is 0 Å². The number of nitrogens with two attached hydrogens (primary N) is 2. The summed E-state index contributed by atoms with van der Waals surface area (Å²) in [6.07, 6.45) is 0. The fourth-order valence-corrected chi connectivity index (χ4v) is 1.63. The summed E-state index contributed by atoms with van der Waals surface area (Å²) in [5.41, 5.74) is 7.63. The largest absolute Gasteiger partial charge is 0.399 e. The summed E-state index contributed by atoms with van der Waals surface area (Å²) < 4.78 is 0. The zero-order valence-electron chi connectivity index (χ0n) is 9.71. The highest BCUT2D eigenvalue weighted by atomic mass is 16.1. The number of hydrogen-bond donors (Lipinski definition) is 2. The number of nitrogens with zero attached hydrogens (tertiary/aromatic N) is 1. The monoisotopic (exact) mass is 239 g/mol. The van der Waals surface area contributed by atoms with E-state index in [1.165, 1.54) is 0 Å². The lowest BCUT2D eigenvalue weighted by Gasteiger charge is -2.04. The number of Topliss-reactive ketones (excluding diaryl/α,β-unsaturated/α-hetero) is 1. The zero-order valence-corrected chi connectivity index (χ0v) is 9.71. The van der Waals surface area contributed by atoms with Gasteiger partial charge in [-0.2, -0.15) is 5.10 Å². The van der Waals surface area contributed by atoms with E-state index in [9.17, 15) is 4.79 Å². The third-order valence-electron chi connectivity index (χ3n) is 2.56. The van der Waals surface area contributed by atoms with Gasteiger partial charge in [-0.1, -0.05) is 30.3 Å². The Morgan fingerprint density at radius 2 is 1.50 bits per heavy atom. The van der Waals surface area contributed by atoms with Gasteiger partial charge in [-0.15, -0.1) is 0 Å². The number of carbonyl (C=O) groups is 1. The minimum absolute atomic E-state index is 0.219. The first-order valence-electron chi connectivity index (χ1n) is 5.46. The molecule has 0 saturated carbocycles. The van der Waals surface area contributed by atoms with Crippen LogP contribution in [-0.4, -0.2) is 11.5 Å². The second-order valence-corrected chi connectivity index (χ2v) is 3.79. The molecule has 4 heteroatoms. The van der Waals surface area contributed by atoms with Crippen LogP contribution in [0.1, 0.15) is 15.9 Å². The Labute approximate surface area is 105 Å².